The normalized spacial score (nSPS) is 10.7. The molecule has 0 aromatic heterocycles. The van der Waals surface area contributed by atoms with Crippen molar-refractivity contribution in [2.45, 2.75) is 23.6 Å². The SMILES string of the molecule is Cc1cc(F)c(OC(=O)N(c2ccccc2)c2ccccc2)cc1SSc1cc(OC(=O)N(c2ccccc2)c2ccccc2)c(F)cc1C. The molecule has 0 saturated heterocycles. The van der Waals surface area contributed by atoms with Gasteiger partial charge in [0.1, 0.15) is 0 Å². The van der Waals surface area contributed by atoms with Crippen LogP contribution in [-0.2, 0) is 0 Å². The van der Waals surface area contributed by atoms with E-state index in [4.69, 9.17) is 9.47 Å². The molecule has 0 heterocycles. The maximum Gasteiger partial charge on any atom is 0.424 e. The molecular weight excluding hydrogens is 675 g/mol. The number of rotatable bonds is 9. The first kappa shape index (κ1) is 34.3. The highest BCUT2D eigenvalue weighted by atomic mass is 33.1. The van der Waals surface area contributed by atoms with Gasteiger partial charge in [0, 0.05) is 9.79 Å². The van der Waals surface area contributed by atoms with Crippen LogP contribution in [0.1, 0.15) is 11.1 Å². The van der Waals surface area contributed by atoms with E-state index in [0.29, 0.717) is 43.7 Å². The number of halogens is 2. The van der Waals surface area contributed by atoms with Gasteiger partial charge in [0.15, 0.2) is 23.1 Å². The van der Waals surface area contributed by atoms with Gasteiger partial charge in [-0.2, -0.15) is 0 Å². The van der Waals surface area contributed by atoms with Crippen molar-refractivity contribution >= 4 is 56.5 Å². The highest BCUT2D eigenvalue weighted by molar-refractivity contribution is 8.76. The van der Waals surface area contributed by atoms with Gasteiger partial charge >= 0.3 is 12.2 Å². The number of carbonyl (C=O) groups is 2. The minimum Gasteiger partial charge on any atom is -0.407 e. The smallest absolute Gasteiger partial charge is 0.407 e. The molecule has 0 fully saturated rings. The third kappa shape index (κ3) is 7.99. The second-order valence-electron chi connectivity index (χ2n) is 11.0. The summed E-state index contributed by atoms with van der Waals surface area (Å²) in [4.78, 5) is 31.0. The van der Waals surface area contributed by atoms with Gasteiger partial charge in [0.25, 0.3) is 0 Å². The average molecular weight is 705 g/mol. The van der Waals surface area contributed by atoms with Crippen LogP contribution >= 0.6 is 21.6 Å². The Morgan fingerprint density at radius 3 is 1.04 bits per heavy atom. The monoisotopic (exact) mass is 704 g/mol. The molecule has 0 aliphatic heterocycles. The minimum atomic E-state index is -0.783. The standard InChI is InChI=1S/C40H30F2N2O4S2/c1-27-23-33(41)35(47-39(45)43(29-15-7-3-8-16-29)30-17-9-4-10-18-30)25-37(27)49-50-38-26-36(34(42)24-28(38)2)48-40(46)44(31-19-11-5-12-20-31)32-21-13-6-14-22-32/h3-26H,1-2H3. The molecule has 0 aliphatic carbocycles. The first-order valence-corrected chi connectivity index (χ1v) is 17.6. The summed E-state index contributed by atoms with van der Waals surface area (Å²) in [5.74, 6) is -1.87. The number of anilines is 4. The van der Waals surface area contributed by atoms with Gasteiger partial charge in [-0.3, -0.25) is 0 Å². The maximum atomic E-state index is 15.2. The molecule has 6 rings (SSSR count). The van der Waals surface area contributed by atoms with Crippen LogP contribution in [-0.4, -0.2) is 12.2 Å². The number of hydrogen-bond acceptors (Lipinski definition) is 6. The van der Waals surface area contributed by atoms with Crippen LogP contribution in [0.3, 0.4) is 0 Å². The molecule has 10 heteroatoms. The molecule has 6 aromatic carbocycles. The van der Waals surface area contributed by atoms with Crippen LogP contribution < -0.4 is 19.3 Å². The second kappa shape index (κ2) is 15.8. The minimum absolute atomic E-state index is 0.243. The predicted octanol–water partition coefficient (Wildman–Crippen LogP) is 12.1. The zero-order valence-electron chi connectivity index (χ0n) is 27.0. The molecule has 2 amide bonds. The molecule has 0 N–H and O–H groups in total. The third-order valence-corrected chi connectivity index (χ3v) is 10.1. The zero-order chi connectivity index (χ0) is 35.0. The molecule has 250 valence electrons. The van der Waals surface area contributed by atoms with Gasteiger partial charge in [0.05, 0.1) is 22.7 Å². The number of ether oxygens (including phenoxy) is 2. The Labute approximate surface area is 296 Å². The van der Waals surface area contributed by atoms with Gasteiger partial charge in [-0.25, -0.2) is 28.2 Å². The zero-order valence-corrected chi connectivity index (χ0v) is 28.6. The van der Waals surface area contributed by atoms with Crippen LogP contribution in [0, 0.1) is 25.5 Å². The number of para-hydroxylation sites is 4. The van der Waals surface area contributed by atoms with Crippen molar-refractivity contribution in [3.05, 3.63) is 168 Å². The van der Waals surface area contributed by atoms with Crippen LogP contribution in [0.25, 0.3) is 0 Å². The summed E-state index contributed by atoms with van der Waals surface area (Å²) in [7, 11) is 2.54. The number of hydrogen-bond donors (Lipinski definition) is 0. The summed E-state index contributed by atoms with van der Waals surface area (Å²) in [6, 6.07) is 41.3. The van der Waals surface area contributed by atoms with Gasteiger partial charge < -0.3 is 9.47 Å². The van der Waals surface area contributed by atoms with E-state index < -0.39 is 23.8 Å². The number of carbonyl (C=O) groups excluding carboxylic acids is 2. The number of nitrogens with zero attached hydrogens (tertiary/aromatic N) is 2. The molecule has 0 saturated carbocycles. The van der Waals surface area contributed by atoms with E-state index in [-0.39, 0.29) is 11.5 Å². The molecule has 6 aromatic rings. The van der Waals surface area contributed by atoms with Gasteiger partial charge in [-0.05, 0) is 97.8 Å². The van der Waals surface area contributed by atoms with E-state index in [0.717, 1.165) is 0 Å². The first-order valence-electron chi connectivity index (χ1n) is 15.5. The van der Waals surface area contributed by atoms with Crippen LogP contribution in [0.4, 0.5) is 41.1 Å². The number of aryl methyl sites for hydroxylation is 2. The Balaban J connectivity index is 1.22. The maximum absolute atomic E-state index is 15.2. The summed E-state index contributed by atoms with van der Waals surface area (Å²) < 4.78 is 41.7. The van der Waals surface area contributed by atoms with E-state index in [1.165, 1.54) is 55.7 Å². The molecule has 0 aliphatic rings. The van der Waals surface area contributed by atoms with Crippen LogP contribution in [0.15, 0.2) is 155 Å². The van der Waals surface area contributed by atoms with Crippen molar-refractivity contribution in [1.82, 2.24) is 0 Å². The van der Waals surface area contributed by atoms with E-state index in [1.807, 2.05) is 24.3 Å². The predicted molar refractivity (Wildman–Crippen MR) is 196 cm³/mol. The lowest BCUT2D eigenvalue weighted by atomic mass is 10.2. The fourth-order valence-electron chi connectivity index (χ4n) is 5.00. The summed E-state index contributed by atoms with van der Waals surface area (Å²) in [5.41, 5.74) is 3.44. The van der Waals surface area contributed by atoms with Crippen molar-refractivity contribution in [1.29, 1.82) is 0 Å². The molecule has 0 bridgehead atoms. The average Bonchev–Trinajstić information content (AvgIpc) is 3.12. The highest BCUT2D eigenvalue weighted by Gasteiger charge is 2.24. The van der Waals surface area contributed by atoms with E-state index in [2.05, 4.69) is 0 Å². The fourth-order valence-corrected chi connectivity index (χ4v) is 7.49. The molecule has 0 radical (unpaired) electrons. The Hall–Kier alpha value is -5.58. The Morgan fingerprint density at radius 2 is 0.760 bits per heavy atom. The van der Waals surface area contributed by atoms with Gasteiger partial charge in [-0.1, -0.05) is 94.4 Å². The largest absolute Gasteiger partial charge is 0.424 e. The summed E-state index contributed by atoms with van der Waals surface area (Å²) in [6.07, 6.45) is -1.57. The lowest BCUT2D eigenvalue weighted by Gasteiger charge is -2.23. The number of amides is 2. The van der Waals surface area contributed by atoms with Crippen molar-refractivity contribution in [2.75, 3.05) is 9.80 Å². The van der Waals surface area contributed by atoms with Crippen LogP contribution in [0.2, 0.25) is 0 Å². The van der Waals surface area contributed by atoms with Crippen molar-refractivity contribution in [3.63, 3.8) is 0 Å². The van der Waals surface area contributed by atoms with Crippen LogP contribution in [0.5, 0.6) is 11.5 Å². The summed E-state index contributed by atoms with van der Waals surface area (Å²) in [5, 5.41) is 0. The lowest BCUT2D eigenvalue weighted by molar-refractivity contribution is 0.207. The Morgan fingerprint density at radius 1 is 0.480 bits per heavy atom. The van der Waals surface area contributed by atoms with Crippen molar-refractivity contribution in [3.8, 4) is 11.5 Å². The van der Waals surface area contributed by atoms with Gasteiger partial charge in [-0.15, -0.1) is 0 Å². The summed E-state index contributed by atoms with van der Waals surface area (Å²) >= 11 is 0. The fraction of sp³-hybridized carbons (Fsp3) is 0.0500. The number of benzene rings is 6. The quantitative estimate of drug-likeness (QED) is 0.140. The summed E-state index contributed by atoms with van der Waals surface area (Å²) in [6.45, 7) is 3.48. The highest BCUT2D eigenvalue weighted by Crippen LogP contribution is 2.44. The van der Waals surface area contributed by atoms with Crippen molar-refractivity contribution in [2.24, 2.45) is 0 Å². The Bertz CT molecular complexity index is 1870. The Kier molecular flexibility index (Phi) is 10.8. The van der Waals surface area contributed by atoms with E-state index in [9.17, 15) is 9.59 Å². The molecule has 0 unspecified atom stereocenters. The van der Waals surface area contributed by atoms with Crippen molar-refractivity contribution < 1.29 is 27.8 Å². The van der Waals surface area contributed by atoms with Gasteiger partial charge in [0.2, 0.25) is 0 Å². The first-order chi connectivity index (χ1) is 24.3. The molecule has 0 spiro atoms. The van der Waals surface area contributed by atoms with E-state index in [1.54, 1.807) is 111 Å². The molecule has 6 nitrogen and oxygen atoms in total. The molecular formula is C40H30F2N2O4S2. The lowest BCUT2D eigenvalue weighted by Crippen LogP contribution is -2.29. The second-order valence-corrected chi connectivity index (χ2v) is 13.2. The third-order valence-electron chi connectivity index (χ3n) is 7.50. The topological polar surface area (TPSA) is 59.1 Å². The van der Waals surface area contributed by atoms with E-state index >= 15 is 8.78 Å². The molecule has 50 heavy (non-hydrogen) atoms. The molecule has 0 atom stereocenters.